The molecule has 0 spiro atoms. The van der Waals surface area contributed by atoms with Crippen molar-refractivity contribution in [2.45, 2.75) is 58.0 Å². The highest BCUT2D eigenvalue weighted by atomic mass is 16.3. The van der Waals surface area contributed by atoms with Gasteiger partial charge in [0.1, 0.15) is 11.3 Å². The molecule has 2 aromatic rings. The van der Waals surface area contributed by atoms with Gasteiger partial charge in [-0.2, -0.15) is 0 Å². The predicted octanol–water partition coefficient (Wildman–Crippen LogP) is 3.74. The summed E-state index contributed by atoms with van der Waals surface area (Å²) in [6.45, 7) is 3.17. The molecule has 2 amide bonds. The first-order valence-corrected chi connectivity index (χ1v) is 10.1. The van der Waals surface area contributed by atoms with E-state index in [1.54, 1.807) is 4.90 Å². The molecule has 5 nitrogen and oxygen atoms in total. The molecule has 144 valence electrons. The quantitative estimate of drug-likeness (QED) is 0.808. The maximum Gasteiger partial charge on any atom is 0.228 e. The van der Waals surface area contributed by atoms with Gasteiger partial charge in [0.05, 0.1) is 5.92 Å². The summed E-state index contributed by atoms with van der Waals surface area (Å²) < 4.78 is 5.96. The molecule has 1 aliphatic heterocycles. The molecule has 1 saturated heterocycles. The average molecular weight is 368 g/mol. The van der Waals surface area contributed by atoms with Crippen LogP contribution in [0.2, 0.25) is 0 Å². The van der Waals surface area contributed by atoms with Crippen molar-refractivity contribution in [3.8, 4) is 0 Å². The molecule has 2 aliphatic rings. The van der Waals surface area contributed by atoms with Crippen molar-refractivity contribution in [2.24, 2.45) is 5.92 Å². The molecule has 0 radical (unpaired) electrons. The number of para-hydroxylation sites is 1. The third-order valence-electron chi connectivity index (χ3n) is 6.15. The molecule has 4 rings (SSSR count). The highest BCUT2D eigenvalue weighted by Gasteiger charge is 2.39. The molecular weight excluding hydrogens is 340 g/mol. The topological polar surface area (TPSA) is 53.8 Å². The number of amides is 2. The Kier molecular flexibility index (Phi) is 4.94. The van der Waals surface area contributed by atoms with Crippen LogP contribution in [0.4, 0.5) is 0 Å². The Morgan fingerprint density at radius 1 is 1.26 bits per heavy atom. The number of hydrogen-bond donors (Lipinski definition) is 0. The Morgan fingerprint density at radius 3 is 2.74 bits per heavy atom. The number of carbonyl (C=O) groups is 2. The monoisotopic (exact) mass is 368 g/mol. The van der Waals surface area contributed by atoms with E-state index < -0.39 is 0 Å². The number of rotatable bonds is 5. The molecule has 5 heteroatoms. The minimum atomic E-state index is -0.216. The van der Waals surface area contributed by atoms with Crippen LogP contribution >= 0.6 is 0 Å². The first-order valence-electron chi connectivity index (χ1n) is 10.1. The van der Waals surface area contributed by atoms with Gasteiger partial charge in [0.15, 0.2) is 0 Å². The molecule has 1 unspecified atom stereocenters. The van der Waals surface area contributed by atoms with Crippen molar-refractivity contribution in [1.29, 1.82) is 0 Å². The van der Waals surface area contributed by atoms with Crippen LogP contribution in [0.25, 0.3) is 11.0 Å². The van der Waals surface area contributed by atoms with Crippen molar-refractivity contribution in [2.75, 3.05) is 13.6 Å². The normalized spacial score (nSPS) is 20.7. The zero-order valence-electron chi connectivity index (χ0n) is 16.2. The van der Waals surface area contributed by atoms with E-state index in [0.717, 1.165) is 41.6 Å². The minimum Gasteiger partial charge on any atom is -0.461 e. The van der Waals surface area contributed by atoms with E-state index in [9.17, 15) is 9.59 Å². The van der Waals surface area contributed by atoms with Gasteiger partial charge in [-0.1, -0.05) is 38.0 Å². The van der Waals surface area contributed by atoms with Gasteiger partial charge in [0, 0.05) is 50.0 Å². The number of carbonyl (C=O) groups excluding carboxylic acids is 2. The van der Waals surface area contributed by atoms with Crippen molar-refractivity contribution >= 4 is 22.8 Å². The Hall–Kier alpha value is -2.30. The minimum absolute atomic E-state index is 0.0659. The Bertz CT molecular complexity index is 850. The van der Waals surface area contributed by atoms with Crippen LogP contribution < -0.4 is 0 Å². The maximum absolute atomic E-state index is 13.0. The van der Waals surface area contributed by atoms with Gasteiger partial charge in [-0.3, -0.25) is 9.59 Å². The summed E-state index contributed by atoms with van der Waals surface area (Å²) in [6.07, 6.45) is 5.71. The first kappa shape index (κ1) is 18.1. The fourth-order valence-electron chi connectivity index (χ4n) is 4.70. The van der Waals surface area contributed by atoms with E-state index in [4.69, 9.17) is 4.42 Å². The van der Waals surface area contributed by atoms with Gasteiger partial charge < -0.3 is 14.2 Å². The molecule has 0 bridgehead atoms. The zero-order chi connectivity index (χ0) is 19.0. The lowest BCUT2D eigenvalue weighted by Gasteiger charge is -2.25. The van der Waals surface area contributed by atoms with Crippen molar-refractivity contribution in [1.82, 2.24) is 9.80 Å². The average Bonchev–Trinajstić information content (AvgIpc) is 3.40. The Labute approximate surface area is 160 Å². The highest BCUT2D eigenvalue weighted by molar-refractivity contribution is 5.90. The molecule has 1 aliphatic carbocycles. The van der Waals surface area contributed by atoms with Crippen LogP contribution in [0.15, 0.2) is 28.7 Å². The number of fused-ring (bicyclic) bond motifs is 1. The summed E-state index contributed by atoms with van der Waals surface area (Å²) in [4.78, 5) is 29.2. The molecule has 1 saturated carbocycles. The van der Waals surface area contributed by atoms with E-state index >= 15 is 0 Å². The number of hydrogen-bond acceptors (Lipinski definition) is 3. The molecular formula is C22H28N2O3. The van der Waals surface area contributed by atoms with Gasteiger partial charge in [0.2, 0.25) is 11.8 Å². The SMILES string of the molecule is CCc1oc2ccccc2c1CN(C)C(=O)C1CC(=O)N(C2CCCC2)C1. The van der Waals surface area contributed by atoms with E-state index in [2.05, 4.69) is 6.92 Å². The van der Waals surface area contributed by atoms with Gasteiger partial charge in [-0.05, 0) is 18.9 Å². The third-order valence-corrected chi connectivity index (χ3v) is 6.15. The number of likely N-dealkylation sites (tertiary alicyclic amines) is 1. The summed E-state index contributed by atoms with van der Waals surface area (Å²) in [5, 5.41) is 1.07. The molecule has 1 aromatic heterocycles. The van der Waals surface area contributed by atoms with Gasteiger partial charge in [-0.25, -0.2) is 0 Å². The summed E-state index contributed by atoms with van der Waals surface area (Å²) in [5.41, 5.74) is 1.95. The van der Waals surface area contributed by atoms with Crippen LogP contribution in [-0.2, 0) is 22.6 Å². The number of nitrogens with zero attached hydrogens (tertiary/aromatic N) is 2. The number of furan rings is 1. The largest absolute Gasteiger partial charge is 0.461 e. The van der Waals surface area contributed by atoms with Crippen molar-refractivity contribution in [3.63, 3.8) is 0 Å². The van der Waals surface area contributed by atoms with E-state index in [-0.39, 0.29) is 17.7 Å². The van der Waals surface area contributed by atoms with Crippen molar-refractivity contribution < 1.29 is 14.0 Å². The fraction of sp³-hybridized carbons (Fsp3) is 0.545. The lowest BCUT2D eigenvalue weighted by atomic mass is 10.1. The summed E-state index contributed by atoms with van der Waals surface area (Å²) in [6, 6.07) is 8.33. The standard InChI is InChI=1S/C22H28N2O3/c1-3-19-18(17-10-6-7-11-20(17)27-19)14-23(2)22(26)15-12-21(25)24(13-15)16-8-4-5-9-16/h6-7,10-11,15-16H,3-5,8-9,12-14H2,1-2H3. The second-order valence-corrected chi connectivity index (χ2v) is 7.93. The second-order valence-electron chi connectivity index (χ2n) is 7.93. The summed E-state index contributed by atoms with van der Waals surface area (Å²) in [7, 11) is 1.84. The smallest absolute Gasteiger partial charge is 0.228 e. The fourth-order valence-corrected chi connectivity index (χ4v) is 4.70. The van der Waals surface area contributed by atoms with Crippen LogP contribution in [0.3, 0.4) is 0 Å². The van der Waals surface area contributed by atoms with Gasteiger partial charge in [-0.15, -0.1) is 0 Å². The van der Waals surface area contributed by atoms with Gasteiger partial charge >= 0.3 is 0 Å². The van der Waals surface area contributed by atoms with E-state index in [0.29, 0.717) is 25.6 Å². The Balaban J connectivity index is 1.48. The second kappa shape index (κ2) is 7.37. The lowest BCUT2D eigenvalue weighted by molar-refractivity contribution is -0.135. The molecule has 0 N–H and O–H groups in total. The summed E-state index contributed by atoms with van der Waals surface area (Å²) >= 11 is 0. The van der Waals surface area contributed by atoms with Crippen LogP contribution in [0, 0.1) is 5.92 Å². The van der Waals surface area contributed by atoms with Gasteiger partial charge in [0.25, 0.3) is 0 Å². The van der Waals surface area contributed by atoms with E-state index in [1.165, 1.54) is 12.8 Å². The van der Waals surface area contributed by atoms with E-state index in [1.807, 2.05) is 36.2 Å². The zero-order valence-corrected chi connectivity index (χ0v) is 16.2. The highest BCUT2D eigenvalue weighted by Crippen LogP contribution is 2.31. The van der Waals surface area contributed by atoms with Crippen molar-refractivity contribution in [3.05, 3.63) is 35.6 Å². The molecule has 2 fully saturated rings. The lowest BCUT2D eigenvalue weighted by Crippen LogP contribution is -2.37. The van der Waals surface area contributed by atoms with Crippen LogP contribution in [0.1, 0.15) is 50.4 Å². The number of aryl methyl sites for hydroxylation is 1. The van der Waals surface area contributed by atoms with Crippen LogP contribution in [0.5, 0.6) is 0 Å². The maximum atomic E-state index is 13.0. The third kappa shape index (κ3) is 3.35. The first-order chi connectivity index (χ1) is 13.1. The Morgan fingerprint density at radius 2 is 2.00 bits per heavy atom. The molecule has 2 heterocycles. The van der Waals surface area contributed by atoms with Crippen LogP contribution in [-0.4, -0.2) is 41.2 Å². The summed E-state index contributed by atoms with van der Waals surface area (Å²) in [5.74, 6) is 0.935. The predicted molar refractivity (Wildman–Crippen MR) is 104 cm³/mol. The number of benzene rings is 1. The molecule has 27 heavy (non-hydrogen) atoms. The molecule has 1 atom stereocenters. The molecule has 1 aromatic carbocycles.